The van der Waals surface area contributed by atoms with Crippen LogP contribution < -0.4 is 10.6 Å². The van der Waals surface area contributed by atoms with E-state index >= 15 is 0 Å². The smallest absolute Gasteiger partial charge is 0.249 e. The van der Waals surface area contributed by atoms with Gasteiger partial charge in [0.05, 0.1) is 5.52 Å². The topological polar surface area (TPSA) is 79.5 Å². The van der Waals surface area contributed by atoms with Gasteiger partial charge in [-0.2, -0.15) is 0 Å². The molecule has 5 heteroatoms. The molecule has 1 saturated heterocycles. The van der Waals surface area contributed by atoms with Gasteiger partial charge in [0.2, 0.25) is 5.91 Å². The van der Waals surface area contributed by atoms with Gasteiger partial charge in [-0.15, -0.1) is 0 Å². The number of carbonyl (C=O) groups is 1. The number of amides is 1. The summed E-state index contributed by atoms with van der Waals surface area (Å²) < 4.78 is 0. The molecule has 1 aliphatic heterocycles. The zero-order valence-electron chi connectivity index (χ0n) is 10.5. The van der Waals surface area contributed by atoms with E-state index in [1.165, 1.54) is 0 Å². The normalized spacial score (nSPS) is 15.1. The van der Waals surface area contributed by atoms with E-state index < -0.39 is 5.91 Å². The van der Waals surface area contributed by atoms with Crippen LogP contribution in [-0.4, -0.2) is 29.1 Å². The standard InChI is InChI=1S/C14H15N3O2/c15-13(19)9-4-3-5-11-10(9)8-12(18)14(16-11)17-6-1-2-7-17/h3-5,8,18H,1-2,6-7H2,(H2,15,19). The van der Waals surface area contributed by atoms with E-state index in [2.05, 4.69) is 9.88 Å². The molecule has 1 amide bonds. The Labute approximate surface area is 110 Å². The summed E-state index contributed by atoms with van der Waals surface area (Å²) in [5.74, 6) is 0.176. The first kappa shape index (κ1) is 11.8. The lowest BCUT2D eigenvalue weighted by Crippen LogP contribution is -2.19. The molecule has 2 heterocycles. The van der Waals surface area contributed by atoms with Gasteiger partial charge in [0.25, 0.3) is 0 Å². The molecule has 0 aliphatic carbocycles. The minimum absolute atomic E-state index is 0.100. The molecule has 0 radical (unpaired) electrons. The Morgan fingerprint density at radius 3 is 2.74 bits per heavy atom. The van der Waals surface area contributed by atoms with E-state index in [-0.39, 0.29) is 5.75 Å². The highest BCUT2D eigenvalue weighted by molar-refractivity contribution is 6.06. The molecule has 1 aromatic heterocycles. The van der Waals surface area contributed by atoms with Gasteiger partial charge in [-0.25, -0.2) is 4.98 Å². The van der Waals surface area contributed by atoms with E-state index in [9.17, 15) is 9.90 Å². The van der Waals surface area contributed by atoms with Gasteiger partial charge in [0, 0.05) is 24.0 Å². The molecule has 2 aromatic rings. The number of aromatic hydroxyl groups is 1. The third-order valence-corrected chi connectivity index (χ3v) is 3.49. The fraction of sp³-hybridized carbons (Fsp3) is 0.286. The molecular weight excluding hydrogens is 242 g/mol. The second kappa shape index (κ2) is 4.42. The van der Waals surface area contributed by atoms with Crippen LogP contribution in [0.2, 0.25) is 0 Å². The van der Waals surface area contributed by atoms with Gasteiger partial charge >= 0.3 is 0 Å². The van der Waals surface area contributed by atoms with Crippen LogP contribution in [0.4, 0.5) is 5.82 Å². The maximum atomic E-state index is 11.4. The quantitative estimate of drug-likeness (QED) is 0.857. The Balaban J connectivity index is 2.18. The zero-order chi connectivity index (χ0) is 13.4. The lowest BCUT2D eigenvalue weighted by Gasteiger charge is -2.18. The van der Waals surface area contributed by atoms with Crippen molar-refractivity contribution in [2.75, 3.05) is 18.0 Å². The Morgan fingerprint density at radius 1 is 1.32 bits per heavy atom. The van der Waals surface area contributed by atoms with Gasteiger partial charge < -0.3 is 15.7 Å². The molecule has 1 aliphatic rings. The van der Waals surface area contributed by atoms with Crippen LogP contribution >= 0.6 is 0 Å². The van der Waals surface area contributed by atoms with Crippen molar-refractivity contribution in [3.05, 3.63) is 29.8 Å². The lowest BCUT2D eigenvalue weighted by atomic mass is 10.1. The summed E-state index contributed by atoms with van der Waals surface area (Å²) in [6.45, 7) is 1.81. The number of anilines is 1. The first-order valence-corrected chi connectivity index (χ1v) is 6.34. The molecule has 1 fully saturated rings. The Hall–Kier alpha value is -2.30. The summed E-state index contributed by atoms with van der Waals surface area (Å²) in [7, 11) is 0. The minimum Gasteiger partial charge on any atom is -0.504 e. The Morgan fingerprint density at radius 2 is 2.05 bits per heavy atom. The molecule has 1 aromatic carbocycles. The number of nitrogens with zero attached hydrogens (tertiary/aromatic N) is 2. The van der Waals surface area contributed by atoms with E-state index in [0.717, 1.165) is 25.9 Å². The molecule has 0 unspecified atom stereocenters. The predicted octanol–water partition coefficient (Wildman–Crippen LogP) is 1.64. The molecule has 0 saturated carbocycles. The van der Waals surface area contributed by atoms with Crippen molar-refractivity contribution < 1.29 is 9.90 Å². The fourth-order valence-corrected chi connectivity index (χ4v) is 2.55. The van der Waals surface area contributed by atoms with E-state index in [1.807, 2.05) is 6.07 Å². The van der Waals surface area contributed by atoms with E-state index in [4.69, 9.17) is 5.73 Å². The molecule has 0 bridgehead atoms. The Kier molecular flexibility index (Phi) is 2.74. The van der Waals surface area contributed by atoms with Crippen molar-refractivity contribution in [2.24, 2.45) is 5.73 Å². The van der Waals surface area contributed by atoms with Gasteiger partial charge in [-0.05, 0) is 31.0 Å². The van der Waals surface area contributed by atoms with Crippen LogP contribution in [0.15, 0.2) is 24.3 Å². The SMILES string of the molecule is NC(=O)c1cccc2nc(N3CCCC3)c(O)cc12. The number of nitrogens with two attached hydrogens (primary N) is 1. The molecule has 0 atom stereocenters. The summed E-state index contributed by atoms with van der Waals surface area (Å²) in [5.41, 5.74) is 6.39. The number of rotatable bonds is 2. The third kappa shape index (κ3) is 1.97. The monoisotopic (exact) mass is 257 g/mol. The molecule has 5 nitrogen and oxygen atoms in total. The third-order valence-electron chi connectivity index (χ3n) is 3.49. The van der Waals surface area contributed by atoms with Crippen LogP contribution in [0.1, 0.15) is 23.2 Å². The molecular formula is C14H15N3O2. The van der Waals surface area contributed by atoms with Crippen LogP contribution in [0, 0.1) is 0 Å². The number of aromatic nitrogens is 1. The second-order valence-corrected chi connectivity index (χ2v) is 4.76. The van der Waals surface area contributed by atoms with Crippen LogP contribution in [-0.2, 0) is 0 Å². The van der Waals surface area contributed by atoms with Gasteiger partial charge in [0.1, 0.15) is 0 Å². The maximum Gasteiger partial charge on any atom is 0.249 e. The average Bonchev–Trinajstić information content (AvgIpc) is 2.90. The van der Waals surface area contributed by atoms with Crippen molar-refractivity contribution in [3.63, 3.8) is 0 Å². The number of carbonyl (C=O) groups excluding carboxylic acids is 1. The zero-order valence-corrected chi connectivity index (χ0v) is 10.5. The number of hydrogen-bond donors (Lipinski definition) is 2. The summed E-state index contributed by atoms with van der Waals surface area (Å²) in [6.07, 6.45) is 2.22. The minimum atomic E-state index is -0.513. The van der Waals surface area contributed by atoms with Crippen molar-refractivity contribution in [2.45, 2.75) is 12.8 Å². The highest BCUT2D eigenvalue weighted by Crippen LogP contribution is 2.32. The van der Waals surface area contributed by atoms with Gasteiger partial charge in [0.15, 0.2) is 11.6 Å². The molecule has 3 rings (SSSR count). The number of fused-ring (bicyclic) bond motifs is 1. The summed E-state index contributed by atoms with van der Waals surface area (Å²) >= 11 is 0. The number of primary amides is 1. The van der Waals surface area contributed by atoms with Crippen LogP contribution in [0.25, 0.3) is 10.9 Å². The highest BCUT2D eigenvalue weighted by atomic mass is 16.3. The number of benzene rings is 1. The summed E-state index contributed by atoms with van der Waals surface area (Å²) in [4.78, 5) is 17.9. The van der Waals surface area contributed by atoms with Crippen LogP contribution in [0.3, 0.4) is 0 Å². The van der Waals surface area contributed by atoms with Gasteiger partial charge in [-0.3, -0.25) is 4.79 Å². The van der Waals surface area contributed by atoms with E-state index in [0.29, 0.717) is 22.3 Å². The van der Waals surface area contributed by atoms with Gasteiger partial charge in [-0.1, -0.05) is 6.07 Å². The Bertz CT molecular complexity index is 648. The van der Waals surface area contributed by atoms with Crippen molar-refractivity contribution in [1.29, 1.82) is 0 Å². The first-order chi connectivity index (χ1) is 9.16. The van der Waals surface area contributed by atoms with Crippen molar-refractivity contribution in [1.82, 2.24) is 4.98 Å². The average molecular weight is 257 g/mol. The largest absolute Gasteiger partial charge is 0.504 e. The molecule has 19 heavy (non-hydrogen) atoms. The predicted molar refractivity (Wildman–Crippen MR) is 73.4 cm³/mol. The first-order valence-electron chi connectivity index (χ1n) is 6.34. The van der Waals surface area contributed by atoms with Crippen LogP contribution in [0.5, 0.6) is 5.75 Å². The molecule has 3 N–H and O–H groups in total. The molecule has 98 valence electrons. The molecule has 0 spiro atoms. The maximum absolute atomic E-state index is 11.4. The van der Waals surface area contributed by atoms with Crippen molar-refractivity contribution >= 4 is 22.6 Å². The summed E-state index contributed by atoms with van der Waals surface area (Å²) in [6, 6.07) is 6.79. The lowest BCUT2D eigenvalue weighted by molar-refractivity contribution is 0.100. The second-order valence-electron chi connectivity index (χ2n) is 4.76. The van der Waals surface area contributed by atoms with E-state index in [1.54, 1.807) is 18.2 Å². The fourth-order valence-electron chi connectivity index (χ4n) is 2.55. The van der Waals surface area contributed by atoms with Crippen molar-refractivity contribution in [3.8, 4) is 5.75 Å². The highest BCUT2D eigenvalue weighted by Gasteiger charge is 2.19. The number of pyridine rings is 1. The summed E-state index contributed by atoms with van der Waals surface area (Å²) in [5, 5.41) is 10.7. The number of hydrogen-bond acceptors (Lipinski definition) is 4.